The molecule has 0 aliphatic rings. The number of nitrogens with zero attached hydrogens (tertiary/aromatic N) is 2. The van der Waals surface area contributed by atoms with E-state index in [-0.39, 0.29) is 28.4 Å². The Labute approximate surface area is 103 Å². The first kappa shape index (κ1) is 13.2. The first-order chi connectivity index (χ1) is 7.65. The fraction of sp³-hybridized carbons (Fsp3) is 0.444. The second kappa shape index (κ2) is 6.62. The summed E-state index contributed by atoms with van der Waals surface area (Å²) in [6.07, 6.45) is 1.34. The molecule has 0 atom stereocenters. The molecule has 1 aromatic rings. The normalized spacial score (nSPS) is 10.2. The average molecular weight is 264 g/mol. The monoisotopic (exact) mass is 263 g/mol. The van der Waals surface area contributed by atoms with Gasteiger partial charge in [-0.05, 0) is 18.9 Å². The van der Waals surface area contributed by atoms with E-state index >= 15 is 0 Å². The summed E-state index contributed by atoms with van der Waals surface area (Å²) in [5.41, 5.74) is 0.200. The van der Waals surface area contributed by atoms with Crippen molar-refractivity contribution < 1.29 is 9.90 Å². The number of aliphatic hydroxyl groups excluding tert-OH is 1. The van der Waals surface area contributed by atoms with Crippen molar-refractivity contribution in [2.75, 3.05) is 13.2 Å². The summed E-state index contributed by atoms with van der Waals surface area (Å²) in [6, 6.07) is 1.36. The van der Waals surface area contributed by atoms with Crippen LogP contribution >= 0.6 is 23.2 Å². The highest BCUT2D eigenvalue weighted by Gasteiger charge is 2.12. The number of nitrogens with one attached hydrogen (secondary N) is 1. The Hall–Kier alpha value is -0.910. The summed E-state index contributed by atoms with van der Waals surface area (Å²) in [5.74, 6) is -0.347. The number of carbonyl (C=O) groups excluding carboxylic acids is 1. The van der Waals surface area contributed by atoms with Crippen LogP contribution in [0.25, 0.3) is 0 Å². The molecular formula is C9H11Cl2N3O2. The zero-order chi connectivity index (χ0) is 12.0. The number of unbranched alkanes of at least 4 members (excludes halogenated alkanes) is 1. The number of amides is 1. The molecule has 5 nitrogen and oxygen atoms in total. The molecule has 0 bridgehead atoms. The third-order valence-electron chi connectivity index (χ3n) is 1.83. The predicted octanol–water partition coefficient (Wildman–Crippen LogP) is 1.29. The van der Waals surface area contributed by atoms with Crippen LogP contribution in [0.5, 0.6) is 0 Å². The van der Waals surface area contributed by atoms with Crippen LogP contribution in [0, 0.1) is 0 Å². The molecule has 1 amide bonds. The molecule has 0 saturated carbocycles. The van der Waals surface area contributed by atoms with Crippen molar-refractivity contribution in [2.24, 2.45) is 0 Å². The van der Waals surface area contributed by atoms with Crippen molar-refractivity contribution in [3.63, 3.8) is 0 Å². The number of hydrogen-bond donors (Lipinski definition) is 2. The van der Waals surface area contributed by atoms with Crippen LogP contribution in [0.3, 0.4) is 0 Å². The van der Waals surface area contributed by atoms with E-state index in [4.69, 9.17) is 28.3 Å². The molecule has 1 rings (SSSR count). The van der Waals surface area contributed by atoms with Gasteiger partial charge >= 0.3 is 0 Å². The van der Waals surface area contributed by atoms with Gasteiger partial charge in [0.2, 0.25) is 0 Å². The van der Waals surface area contributed by atoms with Gasteiger partial charge in [-0.2, -0.15) is 0 Å². The molecular weight excluding hydrogens is 253 g/mol. The second-order valence-corrected chi connectivity index (χ2v) is 3.80. The highest BCUT2D eigenvalue weighted by Crippen LogP contribution is 2.14. The number of aromatic nitrogens is 2. The Morgan fingerprint density at radius 1 is 1.38 bits per heavy atom. The minimum Gasteiger partial charge on any atom is -0.396 e. The summed E-state index contributed by atoms with van der Waals surface area (Å²) in [7, 11) is 0. The lowest BCUT2D eigenvalue weighted by molar-refractivity contribution is 0.0951. The SMILES string of the molecule is O=C(NCCCCO)c1cc(Cl)nnc1Cl. The molecule has 2 N–H and O–H groups in total. The van der Waals surface area contributed by atoms with Crippen molar-refractivity contribution in [1.29, 1.82) is 0 Å². The molecule has 0 radical (unpaired) electrons. The van der Waals surface area contributed by atoms with Crippen LogP contribution in [0.2, 0.25) is 10.3 Å². The molecule has 16 heavy (non-hydrogen) atoms. The fourth-order valence-corrected chi connectivity index (χ4v) is 1.37. The summed E-state index contributed by atoms with van der Waals surface area (Å²) >= 11 is 11.3. The van der Waals surface area contributed by atoms with E-state index in [0.29, 0.717) is 19.4 Å². The van der Waals surface area contributed by atoms with Crippen LogP contribution in [-0.4, -0.2) is 34.4 Å². The second-order valence-electron chi connectivity index (χ2n) is 3.06. The van der Waals surface area contributed by atoms with E-state index in [1.807, 2.05) is 0 Å². The molecule has 1 aromatic heterocycles. The quantitative estimate of drug-likeness (QED) is 0.786. The van der Waals surface area contributed by atoms with E-state index in [0.717, 1.165) is 0 Å². The lowest BCUT2D eigenvalue weighted by atomic mass is 10.2. The smallest absolute Gasteiger partial charge is 0.254 e. The van der Waals surface area contributed by atoms with Crippen LogP contribution in [-0.2, 0) is 0 Å². The number of aliphatic hydroxyl groups is 1. The molecule has 0 fully saturated rings. The number of carbonyl (C=O) groups is 1. The lowest BCUT2D eigenvalue weighted by Crippen LogP contribution is -2.25. The Morgan fingerprint density at radius 2 is 2.12 bits per heavy atom. The molecule has 0 unspecified atom stereocenters. The fourth-order valence-electron chi connectivity index (χ4n) is 1.05. The highest BCUT2D eigenvalue weighted by molar-refractivity contribution is 6.34. The topological polar surface area (TPSA) is 75.1 Å². The first-order valence-corrected chi connectivity index (χ1v) is 5.48. The van der Waals surface area contributed by atoms with Crippen LogP contribution < -0.4 is 5.32 Å². The molecule has 0 aliphatic carbocycles. The van der Waals surface area contributed by atoms with Crippen LogP contribution in [0.1, 0.15) is 23.2 Å². The average Bonchev–Trinajstić information content (AvgIpc) is 2.27. The molecule has 1 heterocycles. The van der Waals surface area contributed by atoms with Gasteiger partial charge in [-0.25, -0.2) is 0 Å². The molecule has 0 spiro atoms. The summed E-state index contributed by atoms with van der Waals surface area (Å²) in [4.78, 5) is 11.6. The minimum atomic E-state index is -0.347. The van der Waals surface area contributed by atoms with Gasteiger partial charge in [0.15, 0.2) is 10.3 Å². The zero-order valence-corrected chi connectivity index (χ0v) is 9.92. The zero-order valence-electron chi connectivity index (χ0n) is 8.41. The molecule has 0 saturated heterocycles. The summed E-state index contributed by atoms with van der Waals surface area (Å²) in [5, 5.41) is 18.4. The van der Waals surface area contributed by atoms with Gasteiger partial charge in [-0.15, -0.1) is 10.2 Å². The third-order valence-corrected chi connectivity index (χ3v) is 2.30. The van der Waals surface area contributed by atoms with Crippen LogP contribution in [0.4, 0.5) is 0 Å². The summed E-state index contributed by atoms with van der Waals surface area (Å²) in [6.45, 7) is 0.578. The van der Waals surface area contributed by atoms with Crippen molar-refractivity contribution >= 4 is 29.1 Å². The molecule has 0 aromatic carbocycles. The lowest BCUT2D eigenvalue weighted by Gasteiger charge is -2.05. The predicted molar refractivity (Wildman–Crippen MR) is 60.7 cm³/mol. The third kappa shape index (κ3) is 3.92. The van der Waals surface area contributed by atoms with E-state index in [2.05, 4.69) is 15.5 Å². The van der Waals surface area contributed by atoms with Crippen LogP contribution in [0.15, 0.2) is 6.07 Å². The standard InChI is InChI=1S/C9H11Cl2N3O2/c10-7-5-6(8(11)14-13-7)9(16)12-3-1-2-4-15/h5,15H,1-4H2,(H,12,16). The highest BCUT2D eigenvalue weighted by atomic mass is 35.5. The molecule has 0 aliphatic heterocycles. The molecule has 88 valence electrons. The van der Waals surface area contributed by atoms with Crippen molar-refractivity contribution in [3.05, 3.63) is 21.9 Å². The van der Waals surface area contributed by atoms with Gasteiger partial charge in [-0.1, -0.05) is 23.2 Å². The van der Waals surface area contributed by atoms with Gasteiger partial charge in [0, 0.05) is 13.2 Å². The van der Waals surface area contributed by atoms with Gasteiger partial charge in [0.25, 0.3) is 5.91 Å². The Morgan fingerprint density at radius 3 is 2.81 bits per heavy atom. The molecule has 7 heteroatoms. The Balaban J connectivity index is 2.55. The first-order valence-electron chi connectivity index (χ1n) is 4.73. The largest absolute Gasteiger partial charge is 0.396 e. The maximum absolute atomic E-state index is 11.6. The van der Waals surface area contributed by atoms with Crippen molar-refractivity contribution in [1.82, 2.24) is 15.5 Å². The van der Waals surface area contributed by atoms with Gasteiger partial charge in [0.05, 0.1) is 5.56 Å². The van der Waals surface area contributed by atoms with E-state index < -0.39 is 0 Å². The number of rotatable bonds is 5. The maximum Gasteiger partial charge on any atom is 0.254 e. The Kier molecular flexibility index (Phi) is 5.45. The number of halogens is 2. The van der Waals surface area contributed by atoms with Gasteiger partial charge < -0.3 is 10.4 Å². The van der Waals surface area contributed by atoms with Gasteiger partial charge in [0.1, 0.15) is 0 Å². The van der Waals surface area contributed by atoms with E-state index in [9.17, 15) is 4.79 Å². The van der Waals surface area contributed by atoms with Gasteiger partial charge in [-0.3, -0.25) is 4.79 Å². The van der Waals surface area contributed by atoms with E-state index in [1.54, 1.807) is 0 Å². The van der Waals surface area contributed by atoms with E-state index in [1.165, 1.54) is 6.07 Å². The Bertz CT molecular complexity index is 374. The number of hydrogen-bond acceptors (Lipinski definition) is 4. The maximum atomic E-state index is 11.6. The van der Waals surface area contributed by atoms with Crippen molar-refractivity contribution in [2.45, 2.75) is 12.8 Å². The summed E-state index contributed by atoms with van der Waals surface area (Å²) < 4.78 is 0. The minimum absolute atomic E-state index is 0.0176. The van der Waals surface area contributed by atoms with Crippen molar-refractivity contribution in [3.8, 4) is 0 Å².